The van der Waals surface area contributed by atoms with Gasteiger partial charge in [-0.2, -0.15) is 0 Å². The minimum Gasteiger partial charge on any atom is -0.456 e. The van der Waals surface area contributed by atoms with E-state index in [9.17, 15) is 24.3 Å². The van der Waals surface area contributed by atoms with E-state index >= 15 is 0 Å². The zero-order chi connectivity index (χ0) is 17.1. The maximum absolute atomic E-state index is 11.9. The molecular weight excluding hydrogens is 312 g/mol. The van der Waals surface area contributed by atoms with E-state index in [-0.39, 0.29) is 0 Å². The summed E-state index contributed by atoms with van der Waals surface area (Å²) in [6.07, 6.45) is -3.24. The molecule has 0 aromatic carbocycles. The van der Waals surface area contributed by atoms with Crippen LogP contribution in [-0.2, 0) is 23.8 Å². The van der Waals surface area contributed by atoms with Crippen LogP contribution in [0.1, 0.15) is 20.1 Å². The number of aliphatic hydroxyl groups excluding tert-OH is 1. The highest BCUT2D eigenvalue weighted by molar-refractivity contribution is 5.67. The van der Waals surface area contributed by atoms with Crippen molar-refractivity contribution in [2.75, 3.05) is 6.61 Å². The summed E-state index contributed by atoms with van der Waals surface area (Å²) in [4.78, 5) is 47.6. The number of aromatic amines is 1. The van der Waals surface area contributed by atoms with Crippen molar-refractivity contribution in [3.05, 3.63) is 33.1 Å². The van der Waals surface area contributed by atoms with Gasteiger partial charge in [-0.1, -0.05) is 0 Å². The van der Waals surface area contributed by atoms with Gasteiger partial charge in [0.1, 0.15) is 6.10 Å². The third-order valence-electron chi connectivity index (χ3n) is 3.19. The fourth-order valence-corrected chi connectivity index (χ4v) is 2.36. The number of H-pyrrole nitrogens is 1. The van der Waals surface area contributed by atoms with Gasteiger partial charge in [0, 0.05) is 26.1 Å². The van der Waals surface area contributed by atoms with Gasteiger partial charge in [-0.25, -0.2) is 4.79 Å². The van der Waals surface area contributed by atoms with Crippen molar-refractivity contribution in [1.82, 2.24) is 9.55 Å². The minimum absolute atomic E-state index is 0.523. The molecule has 1 aromatic rings. The third kappa shape index (κ3) is 3.66. The Hall–Kier alpha value is -2.46. The number of carbonyl (C=O) groups excluding carboxylic acids is 2. The van der Waals surface area contributed by atoms with Gasteiger partial charge in [0.15, 0.2) is 18.4 Å². The van der Waals surface area contributed by atoms with Crippen molar-refractivity contribution in [2.45, 2.75) is 38.4 Å². The van der Waals surface area contributed by atoms with Crippen LogP contribution in [0.4, 0.5) is 0 Å². The molecule has 0 unspecified atom stereocenters. The van der Waals surface area contributed by atoms with Crippen molar-refractivity contribution < 1.29 is 28.9 Å². The zero-order valence-corrected chi connectivity index (χ0v) is 12.4. The lowest BCUT2D eigenvalue weighted by atomic mass is 10.1. The highest BCUT2D eigenvalue weighted by Crippen LogP contribution is 2.32. The predicted molar refractivity (Wildman–Crippen MR) is 73.4 cm³/mol. The normalized spacial score (nSPS) is 26.7. The average Bonchev–Trinajstić information content (AvgIpc) is 2.76. The van der Waals surface area contributed by atoms with Crippen LogP contribution in [0.3, 0.4) is 0 Å². The van der Waals surface area contributed by atoms with Crippen molar-refractivity contribution >= 4 is 11.9 Å². The fraction of sp³-hybridized carbons (Fsp3) is 0.538. The maximum Gasteiger partial charge on any atom is 0.330 e. The van der Waals surface area contributed by atoms with Crippen LogP contribution >= 0.6 is 0 Å². The van der Waals surface area contributed by atoms with E-state index in [4.69, 9.17) is 14.2 Å². The second kappa shape index (κ2) is 6.75. The largest absolute Gasteiger partial charge is 0.456 e. The van der Waals surface area contributed by atoms with Crippen molar-refractivity contribution in [3.63, 3.8) is 0 Å². The van der Waals surface area contributed by atoms with Gasteiger partial charge in [0.05, 0.1) is 6.61 Å². The van der Waals surface area contributed by atoms with Crippen LogP contribution in [0, 0.1) is 0 Å². The predicted octanol–water partition coefficient (Wildman–Crippen LogP) is -1.71. The fourth-order valence-electron chi connectivity index (χ4n) is 2.36. The molecule has 23 heavy (non-hydrogen) atoms. The standard InChI is InChI=1S/C13H16N2O8/c1-6(17)21-10-8(5-16)23-12(11(10)22-7(2)18)15-4-3-9(19)14-13(15)20/h3-4,8,10-12,16H,5H2,1-2H3,(H,14,19,20)/t8-,10-,11+,12-/m1/s1. The first-order chi connectivity index (χ1) is 10.8. The number of hydrogen-bond acceptors (Lipinski definition) is 8. The van der Waals surface area contributed by atoms with Gasteiger partial charge in [0.2, 0.25) is 0 Å². The first-order valence-corrected chi connectivity index (χ1v) is 6.75. The number of hydrogen-bond donors (Lipinski definition) is 2. The van der Waals surface area contributed by atoms with E-state index in [1.807, 2.05) is 4.98 Å². The summed E-state index contributed by atoms with van der Waals surface area (Å²) >= 11 is 0. The lowest BCUT2D eigenvalue weighted by Crippen LogP contribution is -2.42. The molecule has 1 aliphatic heterocycles. The van der Waals surface area contributed by atoms with Gasteiger partial charge in [-0.3, -0.25) is 23.9 Å². The van der Waals surface area contributed by atoms with Gasteiger partial charge < -0.3 is 19.3 Å². The van der Waals surface area contributed by atoms with Crippen molar-refractivity contribution in [2.24, 2.45) is 0 Å². The molecule has 2 N–H and O–H groups in total. The molecule has 10 heteroatoms. The Balaban J connectivity index is 2.43. The molecule has 1 aromatic heterocycles. The second-order valence-electron chi connectivity index (χ2n) is 4.91. The molecule has 0 saturated carbocycles. The lowest BCUT2D eigenvalue weighted by Gasteiger charge is -2.23. The van der Waals surface area contributed by atoms with Crippen molar-refractivity contribution in [3.8, 4) is 0 Å². The van der Waals surface area contributed by atoms with Crippen LogP contribution < -0.4 is 11.2 Å². The summed E-state index contributed by atoms with van der Waals surface area (Å²) in [5, 5.41) is 9.38. The Kier molecular flexibility index (Phi) is 4.96. The minimum atomic E-state index is -1.16. The number of esters is 2. The topological polar surface area (TPSA) is 137 Å². The molecule has 0 aliphatic carbocycles. The Labute approximate surface area is 129 Å². The van der Waals surface area contributed by atoms with Gasteiger partial charge in [-0.15, -0.1) is 0 Å². The summed E-state index contributed by atoms with van der Waals surface area (Å²) in [6.45, 7) is 1.77. The molecule has 1 saturated heterocycles. The number of nitrogens with zero attached hydrogens (tertiary/aromatic N) is 1. The molecule has 0 bridgehead atoms. The molecule has 4 atom stereocenters. The van der Waals surface area contributed by atoms with Gasteiger partial charge in [0.25, 0.3) is 5.56 Å². The zero-order valence-electron chi connectivity index (χ0n) is 12.4. The molecule has 10 nitrogen and oxygen atoms in total. The van der Waals surface area contributed by atoms with Crippen LogP contribution in [0.25, 0.3) is 0 Å². The molecule has 1 fully saturated rings. The first-order valence-electron chi connectivity index (χ1n) is 6.75. The SMILES string of the molecule is CC(=O)O[C@H]1[C@H](OC(C)=O)[C@@H](CO)O[C@H]1n1ccc(=O)[nH]c1=O. The highest BCUT2D eigenvalue weighted by Gasteiger charge is 2.50. The highest BCUT2D eigenvalue weighted by atomic mass is 16.6. The number of rotatable bonds is 4. The third-order valence-corrected chi connectivity index (χ3v) is 3.19. The van der Waals surface area contributed by atoms with Gasteiger partial charge in [-0.05, 0) is 0 Å². The number of nitrogens with one attached hydrogen (secondary N) is 1. The average molecular weight is 328 g/mol. The maximum atomic E-state index is 11.9. The van der Waals surface area contributed by atoms with E-state index in [0.717, 1.165) is 30.7 Å². The monoisotopic (exact) mass is 328 g/mol. The number of carbonyl (C=O) groups is 2. The van der Waals surface area contributed by atoms with Crippen LogP contribution in [0.5, 0.6) is 0 Å². The number of ether oxygens (including phenoxy) is 3. The smallest absolute Gasteiger partial charge is 0.330 e. The quantitative estimate of drug-likeness (QED) is 0.623. The molecule has 0 spiro atoms. The molecule has 2 heterocycles. The molecule has 0 radical (unpaired) electrons. The molecule has 126 valence electrons. The summed E-state index contributed by atoms with van der Waals surface area (Å²) in [5.74, 6) is -1.35. The summed E-state index contributed by atoms with van der Waals surface area (Å²) < 4.78 is 16.6. The number of aromatic nitrogens is 2. The Morgan fingerprint density at radius 2 is 1.87 bits per heavy atom. The number of aliphatic hydroxyl groups is 1. The van der Waals surface area contributed by atoms with Crippen LogP contribution in [-0.4, -0.2) is 51.5 Å². The summed E-state index contributed by atoms with van der Waals surface area (Å²) in [5.41, 5.74) is -1.40. The van der Waals surface area contributed by atoms with Crippen molar-refractivity contribution in [1.29, 1.82) is 0 Å². The van der Waals surface area contributed by atoms with E-state index in [2.05, 4.69) is 0 Å². The molecule has 1 aliphatic rings. The molecular formula is C13H16N2O8. The Morgan fingerprint density at radius 3 is 2.39 bits per heavy atom. The first kappa shape index (κ1) is 16.9. The van der Waals surface area contributed by atoms with E-state index in [1.54, 1.807) is 0 Å². The van der Waals surface area contributed by atoms with Gasteiger partial charge >= 0.3 is 17.6 Å². The van der Waals surface area contributed by atoms with E-state index in [1.165, 1.54) is 0 Å². The second-order valence-corrected chi connectivity index (χ2v) is 4.91. The van der Waals surface area contributed by atoms with E-state index < -0.39 is 54.3 Å². The van der Waals surface area contributed by atoms with Crippen LogP contribution in [0.15, 0.2) is 21.9 Å². The lowest BCUT2D eigenvalue weighted by molar-refractivity contribution is -0.165. The Bertz CT molecular complexity index is 708. The summed E-state index contributed by atoms with van der Waals surface area (Å²) in [6, 6.07) is 1.09. The Morgan fingerprint density at radius 1 is 1.26 bits per heavy atom. The van der Waals surface area contributed by atoms with E-state index in [0.29, 0.717) is 0 Å². The molecule has 2 rings (SSSR count). The van der Waals surface area contributed by atoms with Crippen LogP contribution in [0.2, 0.25) is 0 Å². The molecule has 0 amide bonds. The summed E-state index contributed by atoms with van der Waals surface area (Å²) in [7, 11) is 0.